The van der Waals surface area contributed by atoms with E-state index in [0.717, 1.165) is 9.55 Å². The van der Waals surface area contributed by atoms with E-state index >= 15 is 0 Å². The van der Waals surface area contributed by atoms with Gasteiger partial charge in [-0.25, -0.2) is 0 Å². The van der Waals surface area contributed by atoms with Gasteiger partial charge >= 0.3 is 0 Å². The molecule has 0 aromatic rings. The van der Waals surface area contributed by atoms with Gasteiger partial charge in [-0.05, 0) is 5.54 Å². The van der Waals surface area contributed by atoms with Gasteiger partial charge in [0.25, 0.3) is 0 Å². The highest BCUT2D eigenvalue weighted by Gasteiger charge is 1.18. The van der Waals surface area contributed by atoms with Gasteiger partial charge in [0.15, 0.2) is 0 Å². The Balaban J connectivity index is 0. The summed E-state index contributed by atoms with van der Waals surface area (Å²) in [4.78, 5) is 0. The van der Waals surface area contributed by atoms with Crippen LogP contribution in [0.5, 0.6) is 0 Å². The van der Waals surface area contributed by atoms with E-state index in [0.29, 0.717) is 0 Å². The molecule has 0 heterocycles. The van der Waals surface area contributed by atoms with Crippen molar-refractivity contribution in [2.24, 2.45) is 0 Å². The minimum Gasteiger partial charge on any atom is -0.181 e. The molecule has 0 aliphatic rings. The third-order valence-electron chi connectivity index (χ3n) is 0. The Bertz CT molecular complexity index is 15.1. The van der Waals surface area contributed by atoms with Gasteiger partial charge in [-0.2, -0.15) is 11.1 Å². The molecule has 0 aliphatic heterocycles. The zero-order valence-corrected chi connectivity index (χ0v) is 6.55. The van der Waals surface area contributed by atoms with Crippen molar-refractivity contribution in [3.05, 3.63) is 12.1 Å². The van der Waals surface area contributed by atoms with Crippen LogP contribution in [-0.4, -0.2) is 9.55 Å². The first-order chi connectivity index (χ1) is 2.41. The quantitative estimate of drug-likeness (QED) is 0.336. The lowest BCUT2D eigenvalue weighted by Gasteiger charge is -1.27. The van der Waals surface area contributed by atoms with Gasteiger partial charge in [0.1, 0.15) is 9.55 Å². The van der Waals surface area contributed by atoms with Gasteiger partial charge in [0.05, 0.1) is 0 Å². The van der Waals surface area contributed by atoms with Crippen molar-refractivity contribution in [1.82, 2.24) is 0 Å². The van der Waals surface area contributed by atoms with Crippen molar-refractivity contribution in [2.75, 3.05) is 0 Å². The molecule has 5 heavy (non-hydrogen) atoms. The van der Waals surface area contributed by atoms with Gasteiger partial charge in [0.2, 0.25) is 0 Å². The van der Waals surface area contributed by atoms with Crippen molar-refractivity contribution >= 4 is 32.2 Å². The van der Waals surface area contributed by atoms with Crippen LogP contribution in [0.2, 0.25) is 0 Å². The lowest BCUT2D eigenvalue weighted by Crippen LogP contribution is -0.980. The molecule has 0 atom stereocenters. The van der Waals surface area contributed by atoms with Crippen LogP contribution in [0.25, 0.3) is 0 Å². The molecule has 0 radical (unpaired) electrons. The molecule has 0 saturated heterocycles. The third-order valence-corrected chi connectivity index (χ3v) is 0. The van der Waals surface area contributed by atoms with Crippen molar-refractivity contribution in [3.8, 4) is 0 Å². The highest BCUT2D eigenvalue weighted by Crippen LogP contribution is 1.60. The van der Waals surface area contributed by atoms with E-state index in [1.807, 2.05) is 0 Å². The van der Waals surface area contributed by atoms with Crippen LogP contribution in [0.3, 0.4) is 0 Å². The largest absolute Gasteiger partial charge is 0.181 e. The Morgan fingerprint density at radius 2 is 1.60 bits per heavy atom. The summed E-state index contributed by atoms with van der Waals surface area (Å²) in [7, 11) is 0.778. The Morgan fingerprint density at radius 3 is 1.60 bits per heavy atom. The summed E-state index contributed by atoms with van der Waals surface area (Å²) >= 11 is 9.54. The summed E-state index contributed by atoms with van der Waals surface area (Å²) in [5.74, 6) is 0. The van der Waals surface area contributed by atoms with E-state index in [1.165, 1.54) is 5.54 Å². The van der Waals surface area contributed by atoms with E-state index in [2.05, 4.69) is 6.58 Å². The first-order valence-electron chi connectivity index (χ1n) is 1.00. The molecule has 0 rings (SSSR count). The summed E-state index contributed by atoms with van der Waals surface area (Å²) in [5.41, 5.74) is 1.22. The molecule has 0 nitrogen and oxygen atoms in total. The lowest BCUT2D eigenvalue weighted by atomic mass is 11.3. The molecular formula is C2H6Cl2Si. The Kier molecular flexibility index (Phi) is 43.8. The SMILES string of the molecule is C=CCl.[SiH3]Cl. The second kappa shape index (κ2) is 24.0. The van der Waals surface area contributed by atoms with E-state index < -0.39 is 0 Å². The van der Waals surface area contributed by atoms with Gasteiger partial charge in [-0.15, -0.1) is 0 Å². The van der Waals surface area contributed by atoms with E-state index in [1.54, 1.807) is 0 Å². The fourth-order valence-electron chi connectivity index (χ4n) is 0. The summed E-state index contributed by atoms with van der Waals surface area (Å²) < 4.78 is 0. The summed E-state index contributed by atoms with van der Waals surface area (Å²) in [5, 5.41) is 0. The predicted molar refractivity (Wildman–Crippen MR) is 31.8 cm³/mol. The van der Waals surface area contributed by atoms with Gasteiger partial charge in [-0.1, -0.05) is 18.2 Å². The van der Waals surface area contributed by atoms with Crippen molar-refractivity contribution < 1.29 is 0 Å². The monoisotopic (exact) mass is 128 g/mol. The Hall–Kier alpha value is 0.537. The summed E-state index contributed by atoms with van der Waals surface area (Å²) in [6, 6.07) is 0. The molecule has 0 bridgehead atoms. The molecule has 0 N–H and O–H groups in total. The topological polar surface area (TPSA) is 0 Å². The standard InChI is InChI=1S/C2H3Cl.ClH3Si/c1-2-3;1-2/h2H,1H2;2H3. The van der Waals surface area contributed by atoms with Crippen LogP contribution in [0.4, 0.5) is 0 Å². The first kappa shape index (κ1) is 9.11. The fraction of sp³-hybridized carbons (Fsp3) is 0. The first-order valence-corrected chi connectivity index (χ1v) is 4.46. The molecule has 0 aromatic heterocycles. The van der Waals surface area contributed by atoms with Crippen LogP contribution >= 0.6 is 22.7 Å². The minimum absolute atomic E-state index is 0.778. The summed E-state index contributed by atoms with van der Waals surface area (Å²) in [6.45, 7) is 3.13. The van der Waals surface area contributed by atoms with Crippen LogP contribution < -0.4 is 0 Å². The number of hydrogen-bond acceptors (Lipinski definition) is 0. The van der Waals surface area contributed by atoms with Gasteiger partial charge in [-0.3, -0.25) is 0 Å². The van der Waals surface area contributed by atoms with E-state index in [4.69, 9.17) is 22.7 Å². The molecule has 0 aromatic carbocycles. The smallest absolute Gasteiger partial charge is 0.109 e. The predicted octanol–water partition coefficient (Wildman–Crippen LogP) is 0.874. The van der Waals surface area contributed by atoms with Crippen molar-refractivity contribution in [2.45, 2.75) is 0 Å². The molecule has 3 heteroatoms. The fourth-order valence-corrected chi connectivity index (χ4v) is 0. The molecule has 32 valence electrons. The van der Waals surface area contributed by atoms with Crippen molar-refractivity contribution in [1.29, 1.82) is 0 Å². The van der Waals surface area contributed by atoms with Crippen LogP contribution in [0, 0.1) is 0 Å². The molecule has 0 amide bonds. The number of halogens is 2. The maximum atomic E-state index is 4.78. The van der Waals surface area contributed by atoms with Crippen LogP contribution in [0.15, 0.2) is 12.1 Å². The third kappa shape index (κ3) is 101. The Labute approximate surface area is 44.9 Å². The second-order valence-electron chi connectivity index (χ2n) is 0.154. The molecule has 0 fully saturated rings. The number of rotatable bonds is 0. The van der Waals surface area contributed by atoms with Gasteiger partial charge in [0, 0.05) is 0 Å². The van der Waals surface area contributed by atoms with E-state index in [-0.39, 0.29) is 0 Å². The zero-order valence-electron chi connectivity index (χ0n) is 3.04. The average Bonchev–Trinajstić information content (AvgIpc) is 1.46. The molecule has 0 saturated carbocycles. The minimum atomic E-state index is 0.778. The van der Waals surface area contributed by atoms with Gasteiger partial charge < -0.3 is 0 Å². The maximum absolute atomic E-state index is 4.78. The number of hydrogen-bond donors (Lipinski definition) is 0. The normalized spacial score (nSPS) is 4.40. The average molecular weight is 129 g/mol. The highest BCUT2D eigenvalue weighted by molar-refractivity contribution is 6.80. The summed E-state index contributed by atoms with van der Waals surface area (Å²) in [6.07, 6.45) is 0. The maximum Gasteiger partial charge on any atom is 0.109 e. The second-order valence-corrected chi connectivity index (χ2v) is 0.463. The zero-order chi connectivity index (χ0) is 4.71. The molecule has 0 spiro atoms. The lowest BCUT2D eigenvalue weighted by molar-refractivity contribution is 2.63. The molecule has 0 unspecified atom stereocenters. The van der Waals surface area contributed by atoms with Crippen molar-refractivity contribution in [3.63, 3.8) is 0 Å². The highest BCUT2D eigenvalue weighted by atomic mass is 35.6. The molecule has 0 aliphatic carbocycles. The van der Waals surface area contributed by atoms with Crippen LogP contribution in [0.1, 0.15) is 0 Å². The van der Waals surface area contributed by atoms with Crippen LogP contribution in [-0.2, 0) is 0 Å². The van der Waals surface area contributed by atoms with E-state index in [9.17, 15) is 0 Å². The molecular weight excluding hydrogens is 123 g/mol. The Morgan fingerprint density at radius 1 is 1.60 bits per heavy atom.